The average Bonchev–Trinajstić information content (AvgIpc) is 2.55. The first-order valence-electron chi connectivity index (χ1n) is 4.81. The summed E-state index contributed by atoms with van der Waals surface area (Å²) in [7, 11) is 1.68. The van der Waals surface area contributed by atoms with Crippen LogP contribution in [0.5, 0.6) is 0 Å². The highest BCUT2D eigenvalue weighted by molar-refractivity contribution is 5.98. The molecule has 1 rings (SSSR count). The molecule has 0 radical (unpaired) electrons. The van der Waals surface area contributed by atoms with Crippen LogP contribution in [0, 0.1) is 0 Å². The Labute approximate surface area is 93.3 Å². The number of nitrogens with zero attached hydrogens (tertiary/aromatic N) is 3. The molecule has 0 aliphatic heterocycles. The minimum absolute atomic E-state index is 0.171. The van der Waals surface area contributed by atoms with Gasteiger partial charge in [0.2, 0.25) is 5.90 Å². The first-order chi connectivity index (χ1) is 7.54. The van der Waals surface area contributed by atoms with Crippen molar-refractivity contribution in [2.45, 2.75) is 13.8 Å². The molecule has 0 aromatic carbocycles. The summed E-state index contributed by atoms with van der Waals surface area (Å²) in [5, 5.41) is 7.59. The number of rotatable bonds is 3. The number of nitrogens with one attached hydrogen (secondary N) is 1. The molecular weight excluding hydrogens is 210 g/mol. The number of ether oxygens (including phenoxy) is 1. The molecule has 1 aromatic heterocycles. The van der Waals surface area contributed by atoms with Crippen LogP contribution in [-0.4, -0.2) is 28.2 Å². The van der Waals surface area contributed by atoms with Crippen molar-refractivity contribution in [1.82, 2.24) is 15.2 Å². The van der Waals surface area contributed by atoms with E-state index in [4.69, 9.17) is 10.5 Å². The monoisotopic (exact) mass is 225 g/mol. The van der Waals surface area contributed by atoms with E-state index in [2.05, 4.69) is 15.6 Å². The van der Waals surface area contributed by atoms with Gasteiger partial charge in [-0.1, -0.05) is 0 Å². The van der Waals surface area contributed by atoms with Crippen LogP contribution in [0.25, 0.3) is 0 Å². The molecule has 0 saturated carbocycles. The van der Waals surface area contributed by atoms with Crippen LogP contribution in [-0.2, 0) is 11.8 Å². The molecule has 0 spiro atoms. The van der Waals surface area contributed by atoms with E-state index in [1.807, 2.05) is 6.92 Å². The van der Waals surface area contributed by atoms with Crippen molar-refractivity contribution < 1.29 is 9.53 Å². The lowest BCUT2D eigenvalue weighted by molar-refractivity contribution is 0.0953. The molecule has 0 aliphatic carbocycles. The molecular formula is C9H15N5O2. The van der Waals surface area contributed by atoms with E-state index in [9.17, 15) is 4.79 Å². The van der Waals surface area contributed by atoms with Gasteiger partial charge in [-0.25, -0.2) is 5.43 Å². The van der Waals surface area contributed by atoms with Gasteiger partial charge < -0.3 is 10.5 Å². The molecule has 3 N–H and O–H groups in total. The second-order valence-corrected chi connectivity index (χ2v) is 3.11. The van der Waals surface area contributed by atoms with Crippen molar-refractivity contribution in [2.75, 3.05) is 12.3 Å². The lowest BCUT2D eigenvalue weighted by atomic mass is 10.3. The summed E-state index contributed by atoms with van der Waals surface area (Å²) in [5.74, 6) is 0.146. The predicted molar refractivity (Wildman–Crippen MR) is 59.8 cm³/mol. The molecule has 1 heterocycles. The number of carbonyl (C=O) groups is 1. The highest BCUT2D eigenvalue weighted by atomic mass is 16.5. The predicted octanol–water partition coefficient (Wildman–Crippen LogP) is 0.102. The van der Waals surface area contributed by atoms with Gasteiger partial charge in [-0.15, -0.1) is 5.10 Å². The molecule has 0 aliphatic rings. The van der Waals surface area contributed by atoms with Gasteiger partial charge >= 0.3 is 0 Å². The topological polar surface area (TPSA) is 94.5 Å². The maximum absolute atomic E-state index is 11.6. The Morgan fingerprint density at radius 1 is 1.75 bits per heavy atom. The quantitative estimate of drug-likeness (QED) is 0.433. The Balaban J connectivity index is 2.66. The van der Waals surface area contributed by atoms with Crippen molar-refractivity contribution in [3.05, 3.63) is 11.8 Å². The Morgan fingerprint density at radius 3 is 2.94 bits per heavy atom. The van der Waals surface area contributed by atoms with Crippen molar-refractivity contribution in [3.63, 3.8) is 0 Å². The summed E-state index contributed by atoms with van der Waals surface area (Å²) in [6.45, 7) is 3.98. The molecule has 0 atom stereocenters. The van der Waals surface area contributed by atoms with Crippen LogP contribution in [0.2, 0.25) is 0 Å². The van der Waals surface area contributed by atoms with Crippen LogP contribution < -0.4 is 11.2 Å². The minimum Gasteiger partial charge on any atom is -0.480 e. The second-order valence-electron chi connectivity index (χ2n) is 3.11. The highest BCUT2D eigenvalue weighted by Gasteiger charge is 2.12. The summed E-state index contributed by atoms with van der Waals surface area (Å²) >= 11 is 0. The maximum atomic E-state index is 11.6. The highest BCUT2D eigenvalue weighted by Crippen LogP contribution is 2.07. The summed E-state index contributed by atoms with van der Waals surface area (Å²) in [6, 6.07) is 0. The molecule has 0 fully saturated rings. The van der Waals surface area contributed by atoms with Gasteiger partial charge in [0, 0.05) is 20.2 Å². The molecule has 7 heteroatoms. The summed E-state index contributed by atoms with van der Waals surface area (Å²) < 4.78 is 6.51. The molecule has 1 amide bonds. The van der Waals surface area contributed by atoms with E-state index < -0.39 is 5.91 Å². The van der Waals surface area contributed by atoms with E-state index >= 15 is 0 Å². The Kier molecular flexibility index (Phi) is 3.87. The van der Waals surface area contributed by atoms with Crippen molar-refractivity contribution in [2.24, 2.45) is 12.1 Å². The van der Waals surface area contributed by atoms with Gasteiger partial charge in [0.1, 0.15) is 5.56 Å². The summed E-state index contributed by atoms with van der Waals surface area (Å²) in [6.07, 6.45) is 1.52. The van der Waals surface area contributed by atoms with Crippen molar-refractivity contribution in [3.8, 4) is 0 Å². The normalized spacial score (nSPS) is 11.3. The molecule has 16 heavy (non-hydrogen) atoms. The minimum atomic E-state index is -0.412. The number of aryl methyl sites for hydroxylation is 1. The SMILES string of the molecule is CCO/C(C)=N/NC(=O)c1cn(C)nc1N. The summed E-state index contributed by atoms with van der Waals surface area (Å²) in [5.41, 5.74) is 8.15. The largest absolute Gasteiger partial charge is 0.480 e. The lowest BCUT2D eigenvalue weighted by Crippen LogP contribution is -2.20. The number of amides is 1. The van der Waals surface area contributed by atoms with Crippen LogP contribution in [0.1, 0.15) is 24.2 Å². The van der Waals surface area contributed by atoms with E-state index in [1.54, 1.807) is 14.0 Å². The van der Waals surface area contributed by atoms with Crippen molar-refractivity contribution >= 4 is 17.6 Å². The zero-order valence-corrected chi connectivity index (χ0v) is 9.52. The number of nitrogen functional groups attached to an aromatic ring is 1. The summed E-state index contributed by atoms with van der Waals surface area (Å²) in [4.78, 5) is 11.6. The van der Waals surface area contributed by atoms with Crippen LogP contribution in [0.15, 0.2) is 11.3 Å². The third-order valence-electron chi connectivity index (χ3n) is 1.77. The number of hydrogen-bond acceptors (Lipinski definition) is 5. The number of anilines is 1. The number of aromatic nitrogens is 2. The van der Waals surface area contributed by atoms with Crippen LogP contribution in [0.3, 0.4) is 0 Å². The maximum Gasteiger partial charge on any atom is 0.276 e. The molecule has 0 saturated heterocycles. The van der Waals surface area contributed by atoms with E-state index in [1.165, 1.54) is 10.9 Å². The second kappa shape index (κ2) is 5.15. The van der Waals surface area contributed by atoms with Gasteiger partial charge in [0.25, 0.3) is 5.91 Å². The fourth-order valence-corrected chi connectivity index (χ4v) is 1.11. The van der Waals surface area contributed by atoms with Gasteiger partial charge in [-0.05, 0) is 6.92 Å². The fourth-order valence-electron chi connectivity index (χ4n) is 1.11. The van der Waals surface area contributed by atoms with Crippen molar-refractivity contribution in [1.29, 1.82) is 0 Å². The molecule has 1 aromatic rings. The number of hydrazone groups is 1. The smallest absolute Gasteiger partial charge is 0.276 e. The number of nitrogens with two attached hydrogens (primary N) is 1. The first kappa shape index (κ1) is 12.0. The average molecular weight is 225 g/mol. The molecule has 0 unspecified atom stereocenters. The Hall–Kier alpha value is -2.05. The first-order valence-corrected chi connectivity index (χ1v) is 4.81. The zero-order valence-electron chi connectivity index (χ0n) is 9.52. The number of hydrogen-bond donors (Lipinski definition) is 2. The molecule has 0 bridgehead atoms. The zero-order chi connectivity index (χ0) is 12.1. The third-order valence-corrected chi connectivity index (χ3v) is 1.77. The fraction of sp³-hybridized carbons (Fsp3) is 0.444. The standard InChI is InChI=1S/C9H15N5O2/c1-4-16-6(2)11-12-9(15)7-5-14(3)13-8(7)10/h5H,4H2,1-3H3,(H2,10,13)(H,12,15)/b11-6+. The number of carbonyl (C=O) groups excluding carboxylic acids is 1. The van der Waals surface area contributed by atoms with Gasteiger partial charge in [0.15, 0.2) is 5.82 Å². The van der Waals surface area contributed by atoms with Gasteiger partial charge in [0.05, 0.1) is 6.61 Å². The van der Waals surface area contributed by atoms with Crippen LogP contribution >= 0.6 is 0 Å². The van der Waals surface area contributed by atoms with E-state index in [0.717, 1.165) is 0 Å². The lowest BCUT2D eigenvalue weighted by Gasteiger charge is -2.01. The third kappa shape index (κ3) is 2.97. The molecule has 7 nitrogen and oxygen atoms in total. The van der Waals surface area contributed by atoms with Crippen LogP contribution in [0.4, 0.5) is 5.82 Å². The van der Waals surface area contributed by atoms with E-state index in [-0.39, 0.29) is 11.4 Å². The van der Waals surface area contributed by atoms with Gasteiger partial charge in [-0.2, -0.15) is 5.10 Å². The molecule has 88 valence electrons. The Bertz CT molecular complexity index is 410. The van der Waals surface area contributed by atoms with Gasteiger partial charge in [-0.3, -0.25) is 9.48 Å². The van der Waals surface area contributed by atoms with E-state index in [0.29, 0.717) is 12.5 Å². The Morgan fingerprint density at radius 2 is 2.44 bits per heavy atom.